The number of aromatic nitrogens is 1. The summed E-state index contributed by atoms with van der Waals surface area (Å²) in [5.41, 5.74) is 7.45. The van der Waals surface area contributed by atoms with Gasteiger partial charge in [0.15, 0.2) is 0 Å². The minimum atomic E-state index is -0.449. The van der Waals surface area contributed by atoms with Crippen LogP contribution in [0.2, 0.25) is 5.02 Å². The Hall–Kier alpha value is -2.27. The molecule has 0 fully saturated rings. The number of nitrogens with zero attached hydrogens (tertiary/aromatic N) is 1. The second-order valence-corrected chi connectivity index (χ2v) is 4.85. The number of hydrogen-bond acceptors (Lipinski definition) is 4. The number of benzene rings is 1. The summed E-state index contributed by atoms with van der Waals surface area (Å²) in [6.45, 7) is 1.88. The second kappa shape index (κ2) is 6.45. The molecule has 6 heteroatoms. The molecule has 0 radical (unpaired) electrons. The van der Waals surface area contributed by atoms with Crippen molar-refractivity contribution in [3.05, 3.63) is 51.9 Å². The molecule has 110 valence electrons. The van der Waals surface area contributed by atoms with Gasteiger partial charge in [-0.2, -0.15) is 0 Å². The number of halogens is 1. The summed E-state index contributed by atoms with van der Waals surface area (Å²) in [5, 5.41) is 0.537. The summed E-state index contributed by atoms with van der Waals surface area (Å²) in [7, 11) is 0. The first kappa shape index (κ1) is 15.1. The number of nitrogens with two attached hydrogens (primary N) is 1. The van der Waals surface area contributed by atoms with Gasteiger partial charge in [0.1, 0.15) is 6.54 Å². The van der Waals surface area contributed by atoms with E-state index in [0.717, 1.165) is 0 Å². The van der Waals surface area contributed by atoms with E-state index in [9.17, 15) is 9.59 Å². The normalized spacial score (nSPS) is 10.4. The number of carbonyl (C=O) groups is 1. The highest BCUT2D eigenvalue weighted by molar-refractivity contribution is 6.31. The smallest absolute Gasteiger partial charge is 0.326 e. The predicted molar refractivity (Wildman–Crippen MR) is 82.2 cm³/mol. The van der Waals surface area contributed by atoms with E-state index in [1.165, 1.54) is 16.8 Å². The lowest BCUT2D eigenvalue weighted by atomic mass is 10.1. The number of rotatable bonds is 4. The number of carbonyl (C=O) groups excluding carboxylic acids is 1. The van der Waals surface area contributed by atoms with Crippen molar-refractivity contribution in [2.24, 2.45) is 0 Å². The van der Waals surface area contributed by atoms with Gasteiger partial charge in [0.25, 0.3) is 5.56 Å². The minimum absolute atomic E-state index is 0.113. The van der Waals surface area contributed by atoms with Gasteiger partial charge in [0.05, 0.1) is 6.61 Å². The van der Waals surface area contributed by atoms with Gasteiger partial charge in [-0.3, -0.25) is 9.59 Å². The van der Waals surface area contributed by atoms with Crippen LogP contribution >= 0.6 is 11.6 Å². The van der Waals surface area contributed by atoms with Gasteiger partial charge in [-0.05, 0) is 36.8 Å². The highest BCUT2D eigenvalue weighted by atomic mass is 35.5. The number of hydrogen-bond donors (Lipinski definition) is 1. The average Bonchev–Trinajstić information content (AvgIpc) is 2.44. The van der Waals surface area contributed by atoms with E-state index in [4.69, 9.17) is 22.1 Å². The Morgan fingerprint density at radius 1 is 1.33 bits per heavy atom. The molecule has 0 spiro atoms. The van der Waals surface area contributed by atoms with Crippen LogP contribution < -0.4 is 11.3 Å². The van der Waals surface area contributed by atoms with Crippen LogP contribution in [0.5, 0.6) is 0 Å². The molecular weight excluding hydrogens is 292 g/mol. The van der Waals surface area contributed by atoms with Crippen LogP contribution in [0.1, 0.15) is 6.92 Å². The summed E-state index contributed by atoms with van der Waals surface area (Å²) in [6.07, 6.45) is 1.54. The van der Waals surface area contributed by atoms with Gasteiger partial charge in [-0.25, -0.2) is 0 Å². The Labute approximate surface area is 126 Å². The van der Waals surface area contributed by atoms with E-state index in [-0.39, 0.29) is 18.7 Å². The molecule has 0 aliphatic rings. The van der Waals surface area contributed by atoms with Gasteiger partial charge in [-0.15, -0.1) is 0 Å². The van der Waals surface area contributed by atoms with E-state index in [1.807, 2.05) is 0 Å². The van der Waals surface area contributed by atoms with E-state index in [0.29, 0.717) is 21.8 Å². The van der Waals surface area contributed by atoms with Crippen molar-refractivity contribution in [2.45, 2.75) is 13.5 Å². The molecule has 21 heavy (non-hydrogen) atoms. The van der Waals surface area contributed by atoms with Crippen molar-refractivity contribution in [3.8, 4) is 11.1 Å². The SMILES string of the molecule is CCOC(=O)Cn1ccc(-c2cc(Cl)ccc2N)cc1=O. The summed E-state index contributed by atoms with van der Waals surface area (Å²) in [4.78, 5) is 23.4. The van der Waals surface area contributed by atoms with Crippen molar-refractivity contribution in [1.82, 2.24) is 4.57 Å². The molecule has 1 heterocycles. The van der Waals surface area contributed by atoms with Gasteiger partial charge in [0, 0.05) is 28.5 Å². The predicted octanol–water partition coefficient (Wildman–Crippen LogP) is 2.31. The highest BCUT2D eigenvalue weighted by Crippen LogP contribution is 2.27. The maximum Gasteiger partial charge on any atom is 0.326 e. The molecule has 0 amide bonds. The average molecular weight is 307 g/mol. The highest BCUT2D eigenvalue weighted by Gasteiger charge is 2.08. The molecule has 0 saturated heterocycles. The van der Waals surface area contributed by atoms with E-state index in [2.05, 4.69) is 0 Å². The maximum atomic E-state index is 12.0. The van der Waals surface area contributed by atoms with Gasteiger partial charge in [-0.1, -0.05) is 11.6 Å². The molecule has 0 aliphatic heterocycles. The zero-order valence-electron chi connectivity index (χ0n) is 11.5. The number of pyridine rings is 1. The van der Waals surface area contributed by atoms with Crippen molar-refractivity contribution in [3.63, 3.8) is 0 Å². The zero-order valence-corrected chi connectivity index (χ0v) is 12.3. The zero-order chi connectivity index (χ0) is 15.4. The lowest BCUT2D eigenvalue weighted by molar-refractivity contribution is -0.143. The molecule has 0 unspecified atom stereocenters. The van der Waals surface area contributed by atoms with Crippen LogP contribution in [0.25, 0.3) is 11.1 Å². The Balaban J connectivity index is 2.33. The lowest BCUT2D eigenvalue weighted by Gasteiger charge is -2.09. The largest absolute Gasteiger partial charge is 0.465 e. The second-order valence-electron chi connectivity index (χ2n) is 4.42. The summed E-state index contributed by atoms with van der Waals surface area (Å²) in [6, 6.07) is 8.19. The first-order valence-electron chi connectivity index (χ1n) is 6.42. The fourth-order valence-electron chi connectivity index (χ4n) is 1.93. The number of esters is 1. The van der Waals surface area contributed by atoms with Crippen LogP contribution in [0, 0.1) is 0 Å². The van der Waals surface area contributed by atoms with E-state index >= 15 is 0 Å². The van der Waals surface area contributed by atoms with Crippen LogP contribution in [-0.2, 0) is 16.1 Å². The van der Waals surface area contributed by atoms with Crippen LogP contribution in [0.4, 0.5) is 5.69 Å². The maximum absolute atomic E-state index is 12.0. The molecule has 0 atom stereocenters. The Kier molecular flexibility index (Phi) is 4.65. The van der Waals surface area contributed by atoms with Crippen LogP contribution in [0.15, 0.2) is 41.3 Å². The van der Waals surface area contributed by atoms with E-state index in [1.54, 1.807) is 31.2 Å². The van der Waals surface area contributed by atoms with Crippen molar-refractivity contribution < 1.29 is 9.53 Å². The van der Waals surface area contributed by atoms with Crippen molar-refractivity contribution in [2.75, 3.05) is 12.3 Å². The molecule has 1 aromatic carbocycles. The quantitative estimate of drug-likeness (QED) is 0.695. The first-order valence-corrected chi connectivity index (χ1v) is 6.80. The lowest BCUT2D eigenvalue weighted by Crippen LogP contribution is -2.24. The first-order chi connectivity index (χ1) is 10.0. The van der Waals surface area contributed by atoms with E-state index < -0.39 is 5.97 Å². The summed E-state index contributed by atoms with van der Waals surface area (Å²) >= 11 is 5.94. The fourth-order valence-corrected chi connectivity index (χ4v) is 2.10. The van der Waals surface area contributed by atoms with Gasteiger partial charge >= 0.3 is 5.97 Å². The number of ether oxygens (including phenoxy) is 1. The Morgan fingerprint density at radius 2 is 2.10 bits per heavy atom. The summed E-state index contributed by atoms with van der Waals surface area (Å²) < 4.78 is 6.09. The van der Waals surface area contributed by atoms with Gasteiger partial charge in [0.2, 0.25) is 0 Å². The van der Waals surface area contributed by atoms with Crippen LogP contribution in [-0.4, -0.2) is 17.1 Å². The monoisotopic (exact) mass is 306 g/mol. The molecule has 2 rings (SSSR count). The minimum Gasteiger partial charge on any atom is -0.465 e. The molecule has 2 N–H and O–H groups in total. The summed E-state index contributed by atoms with van der Waals surface area (Å²) in [5.74, 6) is -0.449. The standard InChI is InChI=1S/C15H15ClN2O3/c1-2-21-15(20)9-18-6-5-10(7-14(18)19)12-8-11(16)3-4-13(12)17/h3-8H,2,9,17H2,1H3. The fraction of sp³-hybridized carbons (Fsp3) is 0.200. The van der Waals surface area contributed by atoms with Gasteiger partial charge < -0.3 is 15.0 Å². The third-order valence-corrected chi connectivity index (χ3v) is 3.16. The third-order valence-electron chi connectivity index (χ3n) is 2.93. The topological polar surface area (TPSA) is 74.3 Å². The molecule has 0 aliphatic carbocycles. The molecule has 5 nitrogen and oxygen atoms in total. The molecule has 2 aromatic rings. The molecule has 1 aromatic heterocycles. The van der Waals surface area contributed by atoms with Crippen molar-refractivity contribution >= 4 is 23.3 Å². The molecular formula is C15H15ClN2O3. The molecule has 0 saturated carbocycles. The van der Waals surface area contributed by atoms with Crippen molar-refractivity contribution in [1.29, 1.82) is 0 Å². The third kappa shape index (κ3) is 3.64. The number of nitrogen functional groups attached to an aromatic ring is 1. The Bertz CT molecular complexity index is 725. The molecule has 0 bridgehead atoms. The van der Waals surface area contributed by atoms with Crippen LogP contribution in [0.3, 0.4) is 0 Å². The number of anilines is 1. The Morgan fingerprint density at radius 3 is 2.76 bits per heavy atom.